The minimum absolute atomic E-state index is 0.161. The molecule has 94 valence electrons. The van der Waals surface area contributed by atoms with E-state index in [1.54, 1.807) is 19.5 Å². The van der Waals surface area contributed by atoms with Crippen LogP contribution in [0.15, 0.2) is 36.8 Å². The smallest absolute Gasteiger partial charge is 0.160 e. The molecule has 0 aromatic carbocycles. The molecule has 0 bridgehead atoms. The summed E-state index contributed by atoms with van der Waals surface area (Å²) in [6, 6.07) is 6.12. The maximum Gasteiger partial charge on any atom is 0.160 e. The molecular weight excluding hydrogens is 226 g/mol. The molecule has 18 heavy (non-hydrogen) atoms. The first-order valence-corrected chi connectivity index (χ1v) is 5.88. The van der Waals surface area contributed by atoms with Crippen molar-refractivity contribution in [3.8, 4) is 5.75 Å². The molecule has 1 unspecified atom stereocenters. The fourth-order valence-corrected chi connectivity index (χ4v) is 1.77. The summed E-state index contributed by atoms with van der Waals surface area (Å²) in [6.45, 7) is 4.05. The molecule has 2 aromatic rings. The van der Waals surface area contributed by atoms with Crippen LogP contribution in [-0.2, 0) is 0 Å². The Morgan fingerprint density at radius 1 is 1.33 bits per heavy atom. The first kappa shape index (κ1) is 12.4. The average molecular weight is 243 g/mol. The molecule has 0 spiro atoms. The Bertz CT molecular complexity index is 514. The van der Waals surface area contributed by atoms with Crippen LogP contribution in [0.25, 0.3) is 0 Å². The Morgan fingerprint density at radius 2 is 2.17 bits per heavy atom. The molecule has 0 saturated heterocycles. The predicted octanol–water partition coefficient (Wildman–Crippen LogP) is 2.97. The molecular formula is C14H17N3O. The van der Waals surface area contributed by atoms with Gasteiger partial charge in [0, 0.05) is 18.1 Å². The number of hydrogen-bond acceptors (Lipinski definition) is 4. The molecule has 2 aromatic heterocycles. The Balaban J connectivity index is 2.21. The predicted molar refractivity (Wildman–Crippen MR) is 71.8 cm³/mol. The zero-order valence-corrected chi connectivity index (χ0v) is 10.8. The van der Waals surface area contributed by atoms with Crippen molar-refractivity contribution in [3.63, 3.8) is 0 Å². The number of hydrogen-bond donors (Lipinski definition) is 1. The quantitative estimate of drug-likeness (QED) is 0.896. The van der Waals surface area contributed by atoms with Crippen LogP contribution in [0.2, 0.25) is 0 Å². The van der Waals surface area contributed by atoms with E-state index in [1.165, 1.54) is 0 Å². The molecule has 2 rings (SSSR count). The monoisotopic (exact) mass is 243 g/mol. The highest BCUT2D eigenvalue weighted by molar-refractivity contribution is 5.57. The highest BCUT2D eigenvalue weighted by Gasteiger charge is 2.09. The van der Waals surface area contributed by atoms with Gasteiger partial charge in [0.15, 0.2) is 5.75 Å². The number of nitrogens with zero attached hydrogens (tertiary/aromatic N) is 2. The zero-order valence-electron chi connectivity index (χ0n) is 10.8. The summed E-state index contributed by atoms with van der Waals surface area (Å²) in [5, 5.41) is 3.41. The molecule has 0 saturated carbocycles. The van der Waals surface area contributed by atoms with Crippen molar-refractivity contribution in [3.05, 3.63) is 48.0 Å². The zero-order chi connectivity index (χ0) is 13.0. The standard InChI is InChI=1S/C14H17N3O/c1-10-7-13(14(18-3)9-16-10)17-11(2)12-5-4-6-15-8-12/h4-9,11H,1-3H3,(H,16,17). The average Bonchev–Trinajstić information content (AvgIpc) is 2.40. The number of aryl methyl sites for hydroxylation is 1. The number of anilines is 1. The van der Waals surface area contributed by atoms with E-state index in [4.69, 9.17) is 4.74 Å². The number of pyridine rings is 2. The van der Waals surface area contributed by atoms with Crippen molar-refractivity contribution in [2.45, 2.75) is 19.9 Å². The van der Waals surface area contributed by atoms with E-state index < -0.39 is 0 Å². The van der Waals surface area contributed by atoms with Gasteiger partial charge in [-0.15, -0.1) is 0 Å². The third-order valence-corrected chi connectivity index (χ3v) is 2.78. The van der Waals surface area contributed by atoms with E-state index in [1.807, 2.05) is 31.3 Å². The van der Waals surface area contributed by atoms with Crippen molar-refractivity contribution in [2.75, 3.05) is 12.4 Å². The van der Waals surface area contributed by atoms with E-state index in [9.17, 15) is 0 Å². The van der Waals surface area contributed by atoms with E-state index >= 15 is 0 Å². The number of rotatable bonds is 4. The first-order valence-electron chi connectivity index (χ1n) is 5.88. The minimum Gasteiger partial charge on any atom is -0.493 e. The maximum atomic E-state index is 5.30. The first-order chi connectivity index (χ1) is 8.70. The Hall–Kier alpha value is -2.10. The van der Waals surface area contributed by atoms with Gasteiger partial charge in [-0.3, -0.25) is 9.97 Å². The second-order valence-corrected chi connectivity index (χ2v) is 4.18. The van der Waals surface area contributed by atoms with Crippen molar-refractivity contribution < 1.29 is 4.74 Å². The van der Waals surface area contributed by atoms with Gasteiger partial charge in [-0.25, -0.2) is 0 Å². The van der Waals surface area contributed by atoms with Crippen LogP contribution in [-0.4, -0.2) is 17.1 Å². The van der Waals surface area contributed by atoms with Gasteiger partial charge in [-0.2, -0.15) is 0 Å². The summed E-state index contributed by atoms with van der Waals surface area (Å²) in [4.78, 5) is 8.34. The number of aromatic nitrogens is 2. The van der Waals surface area contributed by atoms with Gasteiger partial charge in [-0.05, 0) is 31.5 Å². The van der Waals surface area contributed by atoms with Gasteiger partial charge in [0.1, 0.15) is 0 Å². The van der Waals surface area contributed by atoms with Gasteiger partial charge in [0.2, 0.25) is 0 Å². The Kier molecular flexibility index (Phi) is 3.77. The molecule has 4 heteroatoms. The summed E-state index contributed by atoms with van der Waals surface area (Å²) in [5.74, 6) is 0.747. The molecule has 4 nitrogen and oxygen atoms in total. The maximum absolute atomic E-state index is 5.30. The number of ether oxygens (including phenoxy) is 1. The van der Waals surface area contributed by atoms with Gasteiger partial charge >= 0.3 is 0 Å². The number of methoxy groups -OCH3 is 1. The van der Waals surface area contributed by atoms with Crippen LogP contribution in [0.3, 0.4) is 0 Å². The minimum atomic E-state index is 0.161. The lowest BCUT2D eigenvalue weighted by molar-refractivity contribution is 0.414. The molecule has 0 fully saturated rings. The molecule has 1 atom stereocenters. The highest BCUT2D eigenvalue weighted by Crippen LogP contribution is 2.27. The van der Waals surface area contributed by atoms with Crippen molar-refractivity contribution in [2.24, 2.45) is 0 Å². The van der Waals surface area contributed by atoms with Gasteiger partial charge in [0.05, 0.1) is 25.0 Å². The summed E-state index contributed by atoms with van der Waals surface area (Å²) in [6.07, 6.45) is 5.36. The largest absolute Gasteiger partial charge is 0.493 e. The van der Waals surface area contributed by atoms with Crippen LogP contribution < -0.4 is 10.1 Å². The molecule has 0 amide bonds. The van der Waals surface area contributed by atoms with Crippen molar-refractivity contribution in [1.29, 1.82) is 0 Å². The van der Waals surface area contributed by atoms with Crippen molar-refractivity contribution >= 4 is 5.69 Å². The van der Waals surface area contributed by atoms with E-state index in [2.05, 4.69) is 22.2 Å². The third-order valence-electron chi connectivity index (χ3n) is 2.78. The fourth-order valence-electron chi connectivity index (χ4n) is 1.77. The van der Waals surface area contributed by atoms with E-state index in [-0.39, 0.29) is 6.04 Å². The lowest BCUT2D eigenvalue weighted by Gasteiger charge is -2.17. The normalized spacial score (nSPS) is 11.9. The van der Waals surface area contributed by atoms with Crippen LogP contribution in [0.4, 0.5) is 5.69 Å². The van der Waals surface area contributed by atoms with Gasteiger partial charge < -0.3 is 10.1 Å². The molecule has 2 heterocycles. The summed E-state index contributed by atoms with van der Waals surface area (Å²) >= 11 is 0. The van der Waals surface area contributed by atoms with E-state index in [0.717, 1.165) is 22.7 Å². The highest BCUT2D eigenvalue weighted by atomic mass is 16.5. The van der Waals surface area contributed by atoms with Crippen LogP contribution >= 0.6 is 0 Å². The van der Waals surface area contributed by atoms with Crippen LogP contribution in [0.5, 0.6) is 5.75 Å². The lowest BCUT2D eigenvalue weighted by atomic mass is 10.1. The Labute approximate surface area is 107 Å². The topological polar surface area (TPSA) is 47.0 Å². The van der Waals surface area contributed by atoms with Crippen LogP contribution in [0.1, 0.15) is 24.2 Å². The molecule has 0 aliphatic carbocycles. The second kappa shape index (κ2) is 5.49. The van der Waals surface area contributed by atoms with Crippen molar-refractivity contribution in [1.82, 2.24) is 9.97 Å². The SMILES string of the molecule is COc1cnc(C)cc1NC(C)c1cccnc1. The van der Waals surface area contributed by atoms with E-state index in [0.29, 0.717) is 0 Å². The van der Waals surface area contributed by atoms with Crippen LogP contribution in [0, 0.1) is 6.92 Å². The molecule has 0 aliphatic rings. The Morgan fingerprint density at radius 3 is 2.83 bits per heavy atom. The molecule has 0 radical (unpaired) electrons. The summed E-state index contributed by atoms with van der Waals surface area (Å²) < 4.78 is 5.30. The third kappa shape index (κ3) is 2.77. The number of nitrogens with one attached hydrogen (secondary N) is 1. The summed E-state index contributed by atoms with van der Waals surface area (Å²) in [5.41, 5.74) is 3.03. The van der Waals surface area contributed by atoms with Gasteiger partial charge in [0.25, 0.3) is 0 Å². The fraction of sp³-hybridized carbons (Fsp3) is 0.286. The van der Waals surface area contributed by atoms with Gasteiger partial charge in [-0.1, -0.05) is 6.07 Å². The lowest BCUT2D eigenvalue weighted by Crippen LogP contribution is -2.08. The second-order valence-electron chi connectivity index (χ2n) is 4.18. The molecule has 1 N–H and O–H groups in total. The molecule has 0 aliphatic heterocycles. The summed E-state index contributed by atoms with van der Waals surface area (Å²) in [7, 11) is 1.65.